The molecule has 1 saturated heterocycles. The van der Waals surface area contributed by atoms with Gasteiger partial charge in [0.15, 0.2) is 0 Å². The van der Waals surface area contributed by atoms with Crippen LogP contribution in [-0.4, -0.2) is 36.0 Å². The standard InChI is InChI=1S/C19H21N3O3S2/c1-13-7-8-14(2)17(11-13)27(23,24)22-9-3-5-15(12-22)18-20-21-19(25-18)16-6-4-10-26-16/h4,6-8,10-11,15H,3,5,9,12H2,1-2H3/t15-/m1/s1. The first kappa shape index (κ1) is 18.3. The third-order valence-corrected chi connectivity index (χ3v) is 7.73. The van der Waals surface area contributed by atoms with Gasteiger partial charge in [0.1, 0.15) is 0 Å². The second-order valence-electron chi connectivity index (χ2n) is 6.89. The molecule has 0 amide bonds. The topological polar surface area (TPSA) is 76.3 Å². The first-order valence-corrected chi connectivity index (χ1v) is 11.2. The second kappa shape index (κ2) is 7.18. The van der Waals surface area contributed by atoms with Gasteiger partial charge in [0, 0.05) is 13.1 Å². The van der Waals surface area contributed by atoms with Crippen LogP contribution in [0.15, 0.2) is 45.0 Å². The van der Waals surface area contributed by atoms with E-state index in [9.17, 15) is 8.42 Å². The molecule has 1 fully saturated rings. The van der Waals surface area contributed by atoms with Gasteiger partial charge >= 0.3 is 0 Å². The maximum atomic E-state index is 13.2. The third-order valence-electron chi connectivity index (χ3n) is 4.87. The van der Waals surface area contributed by atoms with Gasteiger partial charge in [-0.2, -0.15) is 4.31 Å². The van der Waals surface area contributed by atoms with E-state index in [2.05, 4.69) is 10.2 Å². The van der Waals surface area contributed by atoms with Gasteiger partial charge in [-0.25, -0.2) is 8.42 Å². The molecular formula is C19H21N3O3S2. The zero-order valence-corrected chi connectivity index (χ0v) is 16.9. The fraction of sp³-hybridized carbons (Fsp3) is 0.368. The van der Waals surface area contributed by atoms with Gasteiger partial charge in [-0.1, -0.05) is 18.2 Å². The number of aromatic nitrogens is 2. The average Bonchev–Trinajstić information content (AvgIpc) is 3.35. The molecule has 0 N–H and O–H groups in total. The Morgan fingerprint density at radius 3 is 2.85 bits per heavy atom. The van der Waals surface area contributed by atoms with Crippen molar-refractivity contribution < 1.29 is 12.8 Å². The number of nitrogens with zero attached hydrogens (tertiary/aromatic N) is 3. The largest absolute Gasteiger partial charge is 0.420 e. The number of hydrogen-bond donors (Lipinski definition) is 0. The number of aryl methyl sites for hydroxylation is 2. The summed E-state index contributed by atoms with van der Waals surface area (Å²) in [6.45, 7) is 4.61. The van der Waals surface area contributed by atoms with Gasteiger partial charge in [0.05, 0.1) is 15.7 Å². The lowest BCUT2D eigenvalue weighted by atomic mass is 10.00. The maximum absolute atomic E-state index is 13.2. The Bertz CT molecular complexity index is 1040. The summed E-state index contributed by atoms with van der Waals surface area (Å²) in [6.07, 6.45) is 1.61. The van der Waals surface area contributed by atoms with E-state index in [0.717, 1.165) is 28.8 Å². The fourth-order valence-corrected chi connectivity index (χ4v) is 5.86. The van der Waals surface area contributed by atoms with E-state index in [0.29, 0.717) is 29.8 Å². The van der Waals surface area contributed by atoms with Gasteiger partial charge in [-0.15, -0.1) is 21.5 Å². The number of sulfonamides is 1. The van der Waals surface area contributed by atoms with E-state index in [1.807, 2.05) is 43.5 Å². The molecular weight excluding hydrogens is 382 g/mol. The van der Waals surface area contributed by atoms with Crippen LogP contribution < -0.4 is 0 Å². The molecule has 8 heteroatoms. The number of thiophene rings is 1. The van der Waals surface area contributed by atoms with Crippen molar-refractivity contribution in [2.45, 2.75) is 37.5 Å². The van der Waals surface area contributed by atoms with E-state index >= 15 is 0 Å². The molecule has 0 aliphatic carbocycles. The fourth-order valence-electron chi connectivity index (χ4n) is 3.39. The SMILES string of the molecule is Cc1ccc(C)c(S(=O)(=O)N2CCC[C@@H](c3nnc(-c4cccs4)o3)C2)c1. The summed E-state index contributed by atoms with van der Waals surface area (Å²) in [5, 5.41) is 10.3. The Morgan fingerprint density at radius 1 is 1.22 bits per heavy atom. The Labute approximate surface area is 162 Å². The molecule has 0 spiro atoms. The van der Waals surface area contributed by atoms with E-state index in [-0.39, 0.29) is 5.92 Å². The third kappa shape index (κ3) is 3.56. The van der Waals surface area contributed by atoms with Gasteiger partial charge in [-0.05, 0) is 55.3 Å². The van der Waals surface area contributed by atoms with Crippen molar-refractivity contribution in [2.24, 2.45) is 0 Å². The molecule has 0 radical (unpaired) electrons. The highest BCUT2D eigenvalue weighted by Gasteiger charge is 2.34. The Hall–Kier alpha value is -2.03. The minimum absolute atomic E-state index is 0.0835. The molecule has 3 heterocycles. The summed E-state index contributed by atoms with van der Waals surface area (Å²) in [6, 6.07) is 9.39. The molecule has 4 rings (SSSR count). The first-order chi connectivity index (χ1) is 12.9. The van der Waals surface area contributed by atoms with Crippen molar-refractivity contribution in [1.29, 1.82) is 0 Å². The predicted molar refractivity (Wildman–Crippen MR) is 104 cm³/mol. The molecule has 1 aromatic carbocycles. The van der Waals surface area contributed by atoms with E-state index < -0.39 is 10.0 Å². The molecule has 2 aromatic heterocycles. The maximum Gasteiger partial charge on any atom is 0.257 e. The van der Waals surface area contributed by atoms with Crippen LogP contribution in [-0.2, 0) is 10.0 Å². The van der Waals surface area contributed by atoms with Crippen LogP contribution in [0.4, 0.5) is 0 Å². The highest BCUT2D eigenvalue weighted by molar-refractivity contribution is 7.89. The zero-order chi connectivity index (χ0) is 19.0. The quantitative estimate of drug-likeness (QED) is 0.658. The van der Waals surface area contributed by atoms with Crippen LogP contribution >= 0.6 is 11.3 Å². The minimum atomic E-state index is -3.55. The van der Waals surface area contributed by atoms with Crippen LogP contribution in [0.5, 0.6) is 0 Å². The lowest BCUT2D eigenvalue weighted by Crippen LogP contribution is -2.39. The minimum Gasteiger partial charge on any atom is -0.420 e. The normalized spacial score (nSPS) is 18.7. The van der Waals surface area contributed by atoms with Gasteiger partial charge < -0.3 is 4.42 Å². The monoisotopic (exact) mass is 403 g/mol. The summed E-state index contributed by atoms with van der Waals surface area (Å²) in [7, 11) is -3.55. The van der Waals surface area contributed by atoms with E-state index in [4.69, 9.17) is 4.42 Å². The smallest absolute Gasteiger partial charge is 0.257 e. The molecule has 1 aliphatic rings. The lowest BCUT2D eigenvalue weighted by molar-refractivity contribution is 0.286. The number of hydrogen-bond acceptors (Lipinski definition) is 6. The summed E-state index contributed by atoms with van der Waals surface area (Å²) >= 11 is 1.54. The van der Waals surface area contributed by atoms with Crippen LogP contribution in [0.25, 0.3) is 10.8 Å². The van der Waals surface area contributed by atoms with Crippen molar-refractivity contribution in [3.8, 4) is 10.8 Å². The molecule has 3 aromatic rings. The Balaban J connectivity index is 1.59. The van der Waals surface area contributed by atoms with E-state index in [1.165, 1.54) is 11.3 Å². The van der Waals surface area contributed by atoms with Gasteiger partial charge in [0.25, 0.3) is 5.89 Å². The van der Waals surface area contributed by atoms with E-state index in [1.54, 1.807) is 10.4 Å². The van der Waals surface area contributed by atoms with Crippen LogP contribution in [0, 0.1) is 13.8 Å². The van der Waals surface area contributed by atoms with Crippen molar-refractivity contribution in [2.75, 3.05) is 13.1 Å². The van der Waals surface area contributed by atoms with Gasteiger partial charge in [-0.3, -0.25) is 0 Å². The number of rotatable bonds is 4. The predicted octanol–water partition coefficient (Wildman–Crippen LogP) is 3.98. The van der Waals surface area contributed by atoms with Crippen molar-refractivity contribution >= 4 is 21.4 Å². The van der Waals surface area contributed by atoms with Crippen LogP contribution in [0.2, 0.25) is 0 Å². The highest BCUT2D eigenvalue weighted by Crippen LogP contribution is 2.32. The lowest BCUT2D eigenvalue weighted by Gasteiger charge is -2.30. The average molecular weight is 404 g/mol. The van der Waals surface area contributed by atoms with Crippen LogP contribution in [0.1, 0.15) is 35.8 Å². The number of piperidine rings is 1. The van der Waals surface area contributed by atoms with Crippen molar-refractivity contribution in [3.63, 3.8) is 0 Å². The zero-order valence-electron chi connectivity index (χ0n) is 15.3. The summed E-state index contributed by atoms with van der Waals surface area (Å²) in [5.74, 6) is 0.925. The molecule has 0 unspecified atom stereocenters. The summed E-state index contributed by atoms with van der Waals surface area (Å²) in [4.78, 5) is 1.30. The molecule has 1 atom stereocenters. The summed E-state index contributed by atoms with van der Waals surface area (Å²) in [5.41, 5.74) is 1.70. The molecule has 6 nitrogen and oxygen atoms in total. The Kier molecular flexibility index (Phi) is 4.88. The first-order valence-electron chi connectivity index (χ1n) is 8.90. The Morgan fingerprint density at radius 2 is 2.07 bits per heavy atom. The molecule has 0 bridgehead atoms. The molecule has 0 saturated carbocycles. The second-order valence-corrected chi connectivity index (χ2v) is 9.75. The molecule has 1 aliphatic heterocycles. The van der Waals surface area contributed by atoms with Gasteiger partial charge in [0.2, 0.25) is 15.9 Å². The highest BCUT2D eigenvalue weighted by atomic mass is 32.2. The summed E-state index contributed by atoms with van der Waals surface area (Å²) < 4.78 is 33.8. The van der Waals surface area contributed by atoms with Crippen molar-refractivity contribution in [1.82, 2.24) is 14.5 Å². The number of benzene rings is 1. The van der Waals surface area contributed by atoms with Crippen molar-refractivity contribution in [3.05, 3.63) is 52.7 Å². The van der Waals surface area contributed by atoms with Crippen LogP contribution in [0.3, 0.4) is 0 Å². The molecule has 27 heavy (non-hydrogen) atoms. The molecule has 142 valence electrons.